The van der Waals surface area contributed by atoms with Crippen LogP contribution < -0.4 is 4.90 Å². The minimum absolute atomic E-state index is 0.133. The number of carboxylic acids is 1. The van der Waals surface area contributed by atoms with Crippen LogP contribution in [0.3, 0.4) is 0 Å². The van der Waals surface area contributed by atoms with E-state index in [-0.39, 0.29) is 18.5 Å². The van der Waals surface area contributed by atoms with Gasteiger partial charge in [0.1, 0.15) is 11.6 Å². The van der Waals surface area contributed by atoms with Gasteiger partial charge in [0.25, 0.3) is 5.91 Å². The van der Waals surface area contributed by atoms with Gasteiger partial charge < -0.3 is 14.6 Å². The minimum Gasteiger partial charge on any atom is -0.481 e. The van der Waals surface area contributed by atoms with E-state index in [1.165, 1.54) is 0 Å². The van der Waals surface area contributed by atoms with Crippen LogP contribution in [0.25, 0.3) is 0 Å². The van der Waals surface area contributed by atoms with E-state index in [9.17, 15) is 14.7 Å². The number of carbonyl (C=O) groups is 2. The molecule has 1 aromatic carbocycles. The Morgan fingerprint density at radius 3 is 2.65 bits per heavy atom. The highest BCUT2D eigenvalue weighted by Gasteiger charge is 2.37. The Balaban J connectivity index is 2.03. The van der Waals surface area contributed by atoms with Crippen molar-refractivity contribution in [3.05, 3.63) is 52.3 Å². The molecular weight excluding hydrogens is 360 g/mol. The third-order valence-corrected chi connectivity index (χ3v) is 4.54. The Morgan fingerprint density at radius 2 is 2.00 bits per heavy atom. The van der Waals surface area contributed by atoms with Crippen LogP contribution in [0.2, 0.25) is 0 Å². The molecule has 0 spiro atoms. The Labute approximate surface area is 142 Å². The molecule has 1 aliphatic heterocycles. The van der Waals surface area contributed by atoms with Crippen LogP contribution in [0.15, 0.2) is 41.0 Å². The smallest absolute Gasteiger partial charge is 0.312 e. The largest absolute Gasteiger partial charge is 0.481 e. The van der Waals surface area contributed by atoms with Crippen LogP contribution in [-0.4, -0.2) is 28.1 Å². The van der Waals surface area contributed by atoms with Crippen LogP contribution in [0.5, 0.6) is 0 Å². The maximum Gasteiger partial charge on any atom is 0.312 e. The summed E-state index contributed by atoms with van der Waals surface area (Å²) in [5.74, 6) is -1.77. The zero-order valence-electron chi connectivity index (χ0n) is 12.9. The second-order valence-electron chi connectivity index (χ2n) is 5.91. The fourth-order valence-corrected chi connectivity index (χ4v) is 3.43. The molecule has 0 unspecified atom stereocenters. The predicted molar refractivity (Wildman–Crippen MR) is 91.0 cm³/mol. The van der Waals surface area contributed by atoms with Crippen molar-refractivity contribution in [1.29, 1.82) is 0 Å². The molecule has 3 rings (SSSR count). The molecule has 5 nitrogen and oxygen atoms in total. The monoisotopic (exact) mass is 376 g/mol. The van der Waals surface area contributed by atoms with Gasteiger partial charge in [-0.05, 0) is 47.5 Å². The van der Waals surface area contributed by atoms with Gasteiger partial charge in [-0.25, -0.2) is 0 Å². The average Bonchev–Trinajstić information content (AvgIpc) is 3.07. The standard InChI is InChI=1S/C17H17BrN2O3/c1-10(2)19-8-11(18)7-15(19)16(21)20-9-13(17(22)23)12-5-3-4-6-14(12)20/h3-8,10,13H,9H2,1-2H3,(H,22,23)/t13-/m1/s1. The van der Waals surface area contributed by atoms with E-state index in [1.54, 1.807) is 29.2 Å². The summed E-state index contributed by atoms with van der Waals surface area (Å²) in [7, 11) is 0. The summed E-state index contributed by atoms with van der Waals surface area (Å²) in [6.45, 7) is 4.16. The van der Waals surface area contributed by atoms with Crippen molar-refractivity contribution in [1.82, 2.24) is 4.57 Å². The molecule has 0 aliphatic carbocycles. The van der Waals surface area contributed by atoms with Crippen LogP contribution in [0.4, 0.5) is 5.69 Å². The molecule has 0 fully saturated rings. The van der Waals surface area contributed by atoms with Crippen LogP contribution in [-0.2, 0) is 4.79 Å². The molecule has 0 saturated heterocycles. The quantitative estimate of drug-likeness (QED) is 0.888. The van der Waals surface area contributed by atoms with Crippen LogP contribution >= 0.6 is 15.9 Å². The summed E-state index contributed by atoms with van der Waals surface area (Å²) in [5.41, 5.74) is 1.92. The van der Waals surface area contributed by atoms with E-state index in [4.69, 9.17) is 0 Å². The van der Waals surface area contributed by atoms with E-state index in [0.717, 1.165) is 4.47 Å². The van der Waals surface area contributed by atoms with Crippen molar-refractivity contribution in [2.45, 2.75) is 25.8 Å². The van der Waals surface area contributed by atoms with Gasteiger partial charge in [0.15, 0.2) is 0 Å². The summed E-state index contributed by atoms with van der Waals surface area (Å²) in [6, 6.07) is 9.11. The molecule has 6 heteroatoms. The van der Waals surface area contributed by atoms with Gasteiger partial charge in [0.2, 0.25) is 0 Å². The van der Waals surface area contributed by atoms with Crippen LogP contribution in [0, 0.1) is 0 Å². The summed E-state index contributed by atoms with van der Waals surface area (Å²) in [5, 5.41) is 9.43. The van der Waals surface area contributed by atoms with Crippen molar-refractivity contribution >= 4 is 33.5 Å². The minimum atomic E-state index is -0.909. The number of carboxylic acid groups (broad SMARTS) is 1. The number of nitrogens with zero attached hydrogens (tertiary/aromatic N) is 2. The zero-order chi connectivity index (χ0) is 16.7. The van der Waals surface area contributed by atoms with Crippen molar-refractivity contribution in [2.75, 3.05) is 11.4 Å². The molecule has 23 heavy (non-hydrogen) atoms. The lowest BCUT2D eigenvalue weighted by molar-refractivity contribution is -0.138. The first-order valence-electron chi connectivity index (χ1n) is 7.41. The highest BCUT2D eigenvalue weighted by molar-refractivity contribution is 9.10. The maximum absolute atomic E-state index is 13.0. The average molecular weight is 377 g/mol. The number of amides is 1. The molecule has 120 valence electrons. The Hall–Kier alpha value is -2.08. The molecule has 2 heterocycles. The Bertz CT molecular complexity index is 782. The number of para-hydroxylation sites is 1. The molecule has 1 N–H and O–H groups in total. The highest BCUT2D eigenvalue weighted by atomic mass is 79.9. The van der Waals surface area contributed by atoms with Crippen molar-refractivity contribution < 1.29 is 14.7 Å². The number of rotatable bonds is 3. The molecule has 1 aromatic heterocycles. The number of aromatic nitrogens is 1. The number of carbonyl (C=O) groups excluding carboxylic acids is 1. The normalized spacial score (nSPS) is 16.7. The number of anilines is 1. The van der Waals surface area contributed by atoms with Crippen molar-refractivity contribution in [3.8, 4) is 0 Å². The molecular formula is C17H17BrN2O3. The Kier molecular flexibility index (Phi) is 4.02. The highest BCUT2D eigenvalue weighted by Crippen LogP contribution is 2.37. The SMILES string of the molecule is CC(C)n1cc(Br)cc1C(=O)N1C[C@@H](C(=O)O)c2ccccc21. The van der Waals surface area contributed by atoms with Gasteiger partial charge in [-0.3, -0.25) is 9.59 Å². The van der Waals surface area contributed by atoms with Gasteiger partial charge in [-0.15, -0.1) is 0 Å². The van der Waals surface area contributed by atoms with Gasteiger partial charge in [-0.2, -0.15) is 0 Å². The fourth-order valence-electron chi connectivity index (χ4n) is 2.99. The van der Waals surface area contributed by atoms with Crippen molar-refractivity contribution in [2.24, 2.45) is 0 Å². The Morgan fingerprint density at radius 1 is 1.30 bits per heavy atom. The van der Waals surface area contributed by atoms with E-state index in [0.29, 0.717) is 16.9 Å². The van der Waals surface area contributed by atoms with Gasteiger partial charge in [0.05, 0.1) is 0 Å². The molecule has 1 amide bonds. The predicted octanol–water partition coefficient (Wildman–Crippen LogP) is 3.66. The third kappa shape index (κ3) is 2.67. The second kappa shape index (κ2) is 5.85. The van der Waals surface area contributed by atoms with Crippen molar-refractivity contribution in [3.63, 3.8) is 0 Å². The van der Waals surface area contributed by atoms with Gasteiger partial charge in [-0.1, -0.05) is 18.2 Å². The third-order valence-electron chi connectivity index (χ3n) is 4.10. The fraction of sp³-hybridized carbons (Fsp3) is 0.294. The first-order valence-corrected chi connectivity index (χ1v) is 8.20. The summed E-state index contributed by atoms with van der Waals surface area (Å²) < 4.78 is 2.72. The first kappa shape index (κ1) is 15.8. The molecule has 2 aromatic rings. The summed E-state index contributed by atoms with van der Waals surface area (Å²) >= 11 is 3.41. The number of fused-ring (bicyclic) bond motifs is 1. The number of hydrogen-bond acceptors (Lipinski definition) is 2. The number of benzene rings is 1. The molecule has 0 radical (unpaired) electrons. The molecule has 0 bridgehead atoms. The summed E-state index contributed by atoms with van der Waals surface area (Å²) in [4.78, 5) is 26.1. The lowest BCUT2D eigenvalue weighted by atomic mass is 10.0. The van der Waals surface area contributed by atoms with E-state index in [1.807, 2.05) is 30.7 Å². The maximum atomic E-state index is 13.0. The number of hydrogen-bond donors (Lipinski definition) is 1. The van der Waals surface area contributed by atoms with E-state index < -0.39 is 11.9 Å². The van der Waals surface area contributed by atoms with Crippen LogP contribution in [0.1, 0.15) is 41.9 Å². The van der Waals surface area contributed by atoms with E-state index in [2.05, 4.69) is 15.9 Å². The summed E-state index contributed by atoms with van der Waals surface area (Å²) in [6.07, 6.45) is 1.87. The number of halogens is 1. The lowest BCUT2D eigenvalue weighted by Gasteiger charge is -2.20. The topological polar surface area (TPSA) is 62.5 Å². The molecule has 1 aliphatic rings. The second-order valence-corrected chi connectivity index (χ2v) is 6.83. The van der Waals surface area contributed by atoms with E-state index >= 15 is 0 Å². The van der Waals surface area contributed by atoms with Gasteiger partial charge >= 0.3 is 5.97 Å². The number of aliphatic carboxylic acids is 1. The lowest BCUT2D eigenvalue weighted by Crippen LogP contribution is -2.32. The van der Waals surface area contributed by atoms with Gasteiger partial charge in [0, 0.05) is 28.9 Å². The zero-order valence-corrected chi connectivity index (χ0v) is 14.4. The first-order chi connectivity index (χ1) is 10.9. The molecule has 0 saturated carbocycles. The molecule has 1 atom stereocenters.